The number of nitrogens with one attached hydrogen (secondary N) is 1. The smallest absolute Gasteiger partial charge is 0.268 e. The number of ether oxygens (including phenoxy) is 3. The molecule has 1 amide bonds. The first kappa shape index (κ1) is 23.5. The van der Waals surface area contributed by atoms with E-state index in [1.807, 2.05) is 12.1 Å². The summed E-state index contributed by atoms with van der Waals surface area (Å²) >= 11 is 7.01. The number of nitriles is 1. The van der Waals surface area contributed by atoms with E-state index in [1.54, 1.807) is 30.3 Å². The predicted octanol–water partition coefficient (Wildman–Crippen LogP) is 3.45. The summed E-state index contributed by atoms with van der Waals surface area (Å²) in [7, 11) is -3.61. The standard InChI is InChI=1S/C21H15ClN4O6S2/c1-34(28,29)21-25-20(33-26-21)24-19(27)14(9-23)6-12-2-4-16(15(22)7-12)30-10-13-3-5-17-18(8-13)32-11-31-17/h2-8H,10-11H2,1H3,(H,24,25,26,27). The van der Waals surface area contributed by atoms with Crippen LogP contribution in [0.15, 0.2) is 47.1 Å². The second-order valence-electron chi connectivity index (χ2n) is 6.94. The maximum atomic E-state index is 12.4. The first-order valence-corrected chi connectivity index (χ1v) is 12.5. The van der Waals surface area contributed by atoms with Crippen LogP contribution in [-0.4, -0.2) is 36.7 Å². The third-order valence-electron chi connectivity index (χ3n) is 4.42. The molecule has 0 bridgehead atoms. The molecular weight excluding hydrogens is 504 g/mol. The van der Waals surface area contributed by atoms with E-state index in [2.05, 4.69) is 14.7 Å². The Hall–Kier alpha value is -3.66. The fourth-order valence-corrected chi connectivity index (χ4v) is 4.49. The van der Waals surface area contributed by atoms with Crippen LogP contribution in [0.5, 0.6) is 17.2 Å². The molecule has 2 heterocycles. The van der Waals surface area contributed by atoms with Crippen molar-refractivity contribution in [1.29, 1.82) is 5.26 Å². The molecule has 34 heavy (non-hydrogen) atoms. The Morgan fingerprint density at radius 1 is 1.29 bits per heavy atom. The van der Waals surface area contributed by atoms with E-state index in [1.165, 1.54) is 6.08 Å². The van der Waals surface area contributed by atoms with Gasteiger partial charge in [0.15, 0.2) is 11.5 Å². The number of nitrogens with zero attached hydrogens (tertiary/aromatic N) is 3. The van der Waals surface area contributed by atoms with Crippen LogP contribution in [0.3, 0.4) is 0 Å². The van der Waals surface area contributed by atoms with Crippen molar-refractivity contribution in [2.75, 3.05) is 18.4 Å². The number of fused-ring (bicyclic) bond motifs is 1. The van der Waals surface area contributed by atoms with Gasteiger partial charge in [0.2, 0.25) is 21.8 Å². The number of benzene rings is 2. The number of carbonyl (C=O) groups excluding carboxylic acids is 1. The number of halogens is 1. The molecule has 0 unspecified atom stereocenters. The van der Waals surface area contributed by atoms with Gasteiger partial charge in [0, 0.05) is 17.8 Å². The largest absolute Gasteiger partial charge is 0.487 e. The van der Waals surface area contributed by atoms with Gasteiger partial charge in [0.25, 0.3) is 11.1 Å². The maximum Gasteiger partial charge on any atom is 0.268 e. The minimum Gasteiger partial charge on any atom is -0.487 e. The van der Waals surface area contributed by atoms with E-state index in [0.29, 0.717) is 34.3 Å². The van der Waals surface area contributed by atoms with Crippen LogP contribution in [0, 0.1) is 11.3 Å². The molecule has 4 rings (SSSR count). The van der Waals surface area contributed by atoms with E-state index < -0.39 is 20.9 Å². The number of aromatic nitrogens is 2. The van der Waals surface area contributed by atoms with Crippen LogP contribution in [0.2, 0.25) is 5.02 Å². The molecule has 1 aromatic heterocycles. The third kappa shape index (κ3) is 5.45. The summed E-state index contributed by atoms with van der Waals surface area (Å²) in [5, 5.41) is 11.6. The Balaban J connectivity index is 1.43. The van der Waals surface area contributed by atoms with Crippen molar-refractivity contribution in [3.05, 3.63) is 58.1 Å². The minimum atomic E-state index is -3.61. The Bertz CT molecular complexity index is 1450. The summed E-state index contributed by atoms with van der Waals surface area (Å²) in [5.41, 5.74) is 1.12. The molecule has 0 saturated carbocycles. The summed E-state index contributed by atoms with van der Waals surface area (Å²) in [5.74, 6) is 0.979. The average molecular weight is 519 g/mol. The summed E-state index contributed by atoms with van der Waals surface area (Å²) in [6.07, 6.45) is 2.29. The number of hydrogen-bond donors (Lipinski definition) is 1. The molecule has 13 heteroatoms. The summed E-state index contributed by atoms with van der Waals surface area (Å²) in [6.45, 7) is 0.431. The van der Waals surface area contributed by atoms with E-state index >= 15 is 0 Å². The van der Waals surface area contributed by atoms with Crippen LogP contribution in [-0.2, 0) is 21.2 Å². The number of anilines is 1. The molecule has 1 aliphatic heterocycles. The molecule has 0 saturated heterocycles. The van der Waals surface area contributed by atoms with E-state index in [4.69, 9.17) is 25.8 Å². The molecule has 2 aromatic carbocycles. The maximum absolute atomic E-state index is 12.4. The summed E-state index contributed by atoms with van der Waals surface area (Å²) in [4.78, 5) is 16.1. The molecule has 0 spiro atoms. The lowest BCUT2D eigenvalue weighted by Gasteiger charge is -2.09. The Labute approximate surface area is 203 Å². The Morgan fingerprint density at radius 2 is 2.09 bits per heavy atom. The van der Waals surface area contributed by atoms with Crippen LogP contribution < -0.4 is 19.5 Å². The highest BCUT2D eigenvalue weighted by molar-refractivity contribution is 7.90. The lowest BCUT2D eigenvalue weighted by molar-refractivity contribution is -0.112. The molecule has 1 aliphatic rings. The van der Waals surface area contributed by atoms with E-state index in [-0.39, 0.29) is 29.1 Å². The van der Waals surface area contributed by atoms with Gasteiger partial charge in [-0.2, -0.15) is 14.6 Å². The number of amides is 1. The molecular formula is C21H15ClN4O6S2. The molecule has 10 nitrogen and oxygen atoms in total. The lowest BCUT2D eigenvalue weighted by Crippen LogP contribution is -2.13. The van der Waals surface area contributed by atoms with Gasteiger partial charge in [-0.15, -0.1) is 0 Å². The second kappa shape index (κ2) is 9.68. The van der Waals surface area contributed by atoms with Crippen molar-refractivity contribution in [2.45, 2.75) is 11.8 Å². The van der Waals surface area contributed by atoms with Gasteiger partial charge in [0.1, 0.15) is 24.0 Å². The van der Waals surface area contributed by atoms with Gasteiger partial charge in [-0.25, -0.2) is 8.42 Å². The van der Waals surface area contributed by atoms with Crippen molar-refractivity contribution in [1.82, 2.24) is 9.36 Å². The van der Waals surface area contributed by atoms with Gasteiger partial charge < -0.3 is 14.2 Å². The molecule has 3 aromatic rings. The first-order chi connectivity index (χ1) is 16.2. The SMILES string of the molecule is CS(=O)(=O)c1nsc(NC(=O)C(C#N)=Cc2ccc(OCc3ccc4c(c3)OCO4)c(Cl)c2)n1. The van der Waals surface area contributed by atoms with Crippen molar-refractivity contribution in [2.24, 2.45) is 0 Å². The number of hydrogen-bond acceptors (Lipinski definition) is 10. The predicted molar refractivity (Wildman–Crippen MR) is 124 cm³/mol. The second-order valence-corrected chi connectivity index (χ2v) is 10.0. The fraction of sp³-hybridized carbons (Fsp3) is 0.143. The van der Waals surface area contributed by atoms with E-state index in [0.717, 1.165) is 11.8 Å². The zero-order valence-electron chi connectivity index (χ0n) is 17.4. The summed E-state index contributed by atoms with van der Waals surface area (Å²) < 4.78 is 43.0. The Morgan fingerprint density at radius 3 is 2.79 bits per heavy atom. The quantitative estimate of drug-likeness (QED) is 0.367. The van der Waals surface area contributed by atoms with Gasteiger partial charge in [0.05, 0.1) is 5.02 Å². The van der Waals surface area contributed by atoms with Crippen molar-refractivity contribution < 1.29 is 27.4 Å². The van der Waals surface area contributed by atoms with Crippen LogP contribution >= 0.6 is 23.1 Å². The van der Waals surface area contributed by atoms with Gasteiger partial charge >= 0.3 is 0 Å². The fourth-order valence-electron chi connectivity index (χ4n) is 2.81. The molecule has 0 aliphatic carbocycles. The first-order valence-electron chi connectivity index (χ1n) is 9.51. The highest BCUT2D eigenvalue weighted by Gasteiger charge is 2.18. The van der Waals surface area contributed by atoms with Crippen molar-refractivity contribution in [3.8, 4) is 23.3 Å². The molecule has 0 radical (unpaired) electrons. The molecule has 0 fully saturated rings. The van der Waals surface area contributed by atoms with E-state index in [9.17, 15) is 18.5 Å². The molecule has 1 N–H and O–H groups in total. The van der Waals surface area contributed by atoms with Gasteiger partial charge in [-0.05, 0) is 41.5 Å². The summed E-state index contributed by atoms with van der Waals surface area (Å²) in [6, 6.07) is 12.1. The minimum absolute atomic E-state index is 0.0446. The van der Waals surface area contributed by atoms with Crippen molar-refractivity contribution >= 4 is 50.1 Å². The van der Waals surface area contributed by atoms with Crippen molar-refractivity contribution in [3.63, 3.8) is 0 Å². The molecule has 174 valence electrons. The van der Waals surface area contributed by atoms with Crippen LogP contribution in [0.4, 0.5) is 5.13 Å². The number of rotatable bonds is 7. The lowest BCUT2D eigenvalue weighted by atomic mass is 10.1. The third-order valence-corrected chi connectivity index (χ3v) is 6.31. The van der Waals surface area contributed by atoms with Gasteiger partial charge in [-0.1, -0.05) is 23.7 Å². The normalized spacial score (nSPS) is 12.8. The van der Waals surface area contributed by atoms with Crippen LogP contribution in [0.1, 0.15) is 11.1 Å². The topological polar surface area (TPSA) is 140 Å². The number of sulfone groups is 1. The highest BCUT2D eigenvalue weighted by atomic mass is 35.5. The number of carbonyl (C=O) groups is 1. The zero-order chi connectivity index (χ0) is 24.3. The molecule has 0 atom stereocenters. The zero-order valence-corrected chi connectivity index (χ0v) is 19.8. The monoisotopic (exact) mass is 518 g/mol. The Kier molecular flexibility index (Phi) is 6.69. The average Bonchev–Trinajstić information content (AvgIpc) is 3.45. The highest BCUT2D eigenvalue weighted by Crippen LogP contribution is 2.33. The van der Waals surface area contributed by atoms with Gasteiger partial charge in [-0.3, -0.25) is 10.1 Å². The van der Waals surface area contributed by atoms with Crippen LogP contribution in [0.25, 0.3) is 6.08 Å².